The van der Waals surface area contributed by atoms with Gasteiger partial charge in [-0.1, -0.05) is 34.1 Å². The van der Waals surface area contributed by atoms with E-state index in [9.17, 15) is 9.90 Å². The summed E-state index contributed by atoms with van der Waals surface area (Å²) < 4.78 is 0.988. The molecule has 0 bridgehead atoms. The Kier molecular flexibility index (Phi) is 8.48. The van der Waals surface area contributed by atoms with Crippen molar-refractivity contribution in [3.8, 4) is 16.2 Å². The highest BCUT2D eigenvalue weighted by Crippen LogP contribution is 2.39. The predicted molar refractivity (Wildman–Crippen MR) is 147 cm³/mol. The number of benzene rings is 1. The maximum Gasteiger partial charge on any atom is 0.223 e. The number of piperidine rings is 1. The van der Waals surface area contributed by atoms with Crippen molar-refractivity contribution in [1.29, 1.82) is 0 Å². The number of amides is 1. The molecule has 10 heteroatoms. The van der Waals surface area contributed by atoms with Crippen LogP contribution in [0.3, 0.4) is 0 Å². The molecular formula is C25H26BrN5O2S2. The summed E-state index contributed by atoms with van der Waals surface area (Å²) in [4.78, 5) is 19.4. The number of aromatic nitrogens is 1. The average molecular weight is 573 g/mol. The molecule has 1 aliphatic heterocycles. The molecule has 0 saturated carbocycles. The molecule has 1 fully saturated rings. The first-order chi connectivity index (χ1) is 16.9. The summed E-state index contributed by atoms with van der Waals surface area (Å²) in [7, 11) is 0. The fourth-order valence-corrected chi connectivity index (χ4v) is 5.36. The van der Waals surface area contributed by atoms with Gasteiger partial charge in [-0.05, 0) is 61.3 Å². The van der Waals surface area contributed by atoms with Gasteiger partial charge in [-0.2, -0.15) is 5.10 Å². The Morgan fingerprint density at radius 3 is 2.71 bits per heavy atom. The first-order valence-electron chi connectivity index (χ1n) is 11.2. The van der Waals surface area contributed by atoms with Crippen LogP contribution in [0.15, 0.2) is 63.7 Å². The highest BCUT2D eigenvalue weighted by molar-refractivity contribution is 9.10. The van der Waals surface area contributed by atoms with Gasteiger partial charge < -0.3 is 15.3 Å². The third-order valence-electron chi connectivity index (χ3n) is 5.92. The highest BCUT2D eigenvalue weighted by atomic mass is 79.9. The van der Waals surface area contributed by atoms with Crippen LogP contribution in [0.25, 0.3) is 10.4 Å². The third kappa shape index (κ3) is 6.45. The number of carbonyl (C=O) groups excluding carboxylic acids is 1. The van der Waals surface area contributed by atoms with Crippen LogP contribution >= 0.6 is 39.5 Å². The van der Waals surface area contributed by atoms with Gasteiger partial charge in [0.1, 0.15) is 5.75 Å². The Morgan fingerprint density at radius 1 is 1.29 bits per heavy atom. The molecule has 4 rings (SSSR count). The minimum Gasteiger partial charge on any atom is -0.506 e. The monoisotopic (exact) mass is 571 g/mol. The molecule has 0 atom stereocenters. The van der Waals surface area contributed by atoms with Crippen molar-refractivity contribution < 1.29 is 9.90 Å². The molecule has 0 spiro atoms. The lowest BCUT2D eigenvalue weighted by Gasteiger charge is -2.32. The minimum absolute atomic E-state index is 0.0317. The van der Waals surface area contributed by atoms with Crippen LogP contribution in [-0.2, 0) is 11.3 Å². The number of hydrogen-bond acceptors (Lipinski definition) is 6. The van der Waals surface area contributed by atoms with Gasteiger partial charge in [-0.25, -0.2) is 0 Å². The number of hydrogen-bond donors (Lipinski definition) is 3. The van der Waals surface area contributed by atoms with Crippen LogP contribution in [0.5, 0.6) is 5.75 Å². The molecule has 0 unspecified atom stereocenters. The van der Waals surface area contributed by atoms with Crippen LogP contribution in [0.1, 0.15) is 30.9 Å². The molecule has 1 saturated heterocycles. The second-order valence-electron chi connectivity index (χ2n) is 8.29. The van der Waals surface area contributed by atoms with Crippen molar-refractivity contribution in [2.45, 2.75) is 26.3 Å². The molecule has 182 valence electrons. The van der Waals surface area contributed by atoms with Gasteiger partial charge in [0, 0.05) is 47.8 Å². The lowest BCUT2D eigenvalue weighted by Crippen LogP contribution is -2.45. The van der Waals surface area contributed by atoms with Crippen LogP contribution in [0.4, 0.5) is 0 Å². The summed E-state index contributed by atoms with van der Waals surface area (Å²) in [6.45, 7) is 3.69. The topological polar surface area (TPSA) is 89.9 Å². The molecule has 1 aromatic carbocycles. The molecule has 2 aromatic heterocycles. The van der Waals surface area contributed by atoms with Crippen molar-refractivity contribution in [3.05, 3.63) is 69.8 Å². The minimum atomic E-state index is -0.0317. The number of carbonyl (C=O) groups is 1. The van der Waals surface area contributed by atoms with Crippen molar-refractivity contribution in [1.82, 2.24) is 20.6 Å². The van der Waals surface area contributed by atoms with Crippen LogP contribution in [0, 0.1) is 5.92 Å². The number of pyridine rings is 1. The van der Waals surface area contributed by atoms with E-state index < -0.39 is 0 Å². The van der Waals surface area contributed by atoms with Crippen molar-refractivity contribution in [3.63, 3.8) is 0 Å². The van der Waals surface area contributed by atoms with Crippen molar-refractivity contribution in [2.75, 3.05) is 13.1 Å². The van der Waals surface area contributed by atoms with E-state index in [1.807, 2.05) is 53.6 Å². The first kappa shape index (κ1) is 25.3. The predicted octanol–water partition coefficient (Wildman–Crippen LogP) is 4.91. The Morgan fingerprint density at radius 2 is 2.03 bits per heavy atom. The molecule has 35 heavy (non-hydrogen) atoms. The number of likely N-dealkylation sites (tertiary alicyclic amines) is 1. The number of nitrogens with zero attached hydrogens (tertiary/aromatic N) is 3. The molecule has 0 radical (unpaired) electrons. The van der Waals surface area contributed by atoms with E-state index in [-0.39, 0.29) is 17.6 Å². The van der Waals surface area contributed by atoms with Gasteiger partial charge in [-0.3, -0.25) is 15.2 Å². The first-order valence-corrected chi connectivity index (χ1v) is 13.3. The van der Waals surface area contributed by atoms with E-state index in [2.05, 4.69) is 36.8 Å². The van der Waals surface area contributed by atoms with Gasteiger partial charge in [0.2, 0.25) is 5.91 Å². The number of halogens is 1. The van der Waals surface area contributed by atoms with Gasteiger partial charge >= 0.3 is 0 Å². The van der Waals surface area contributed by atoms with Gasteiger partial charge in [0.15, 0.2) is 5.11 Å². The number of aromatic hydroxyl groups is 1. The summed E-state index contributed by atoms with van der Waals surface area (Å²) in [5, 5.41) is 20.6. The Labute approximate surface area is 222 Å². The van der Waals surface area contributed by atoms with E-state index in [0.717, 1.165) is 33.3 Å². The molecule has 3 N–H and O–H groups in total. The highest BCUT2D eigenvalue weighted by Gasteiger charge is 2.26. The van der Waals surface area contributed by atoms with Gasteiger partial charge in [0.25, 0.3) is 0 Å². The second kappa shape index (κ2) is 11.7. The van der Waals surface area contributed by atoms with E-state index in [0.29, 0.717) is 36.0 Å². The van der Waals surface area contributed by atoms with E-state index in [1.165, 1.54) is 11.3 Å². The SMILES string of the molecule is C/C(=N/NC(=S)N1CCC(C(=O)NCc2cccnc2)CC1)c1csc(-c2ccc(Br)cc2)c1O. The fraction of sp³-hybridized carbons (Fsp3) is 0.280. The van der Waals surface area contributed by atoms with Crippen molar-refractivity contribution in [2.24, 2.45) is 11.0 Å². The van der Waals surface area contributed by atoms with E-state index >= 15 is 0 Å². The summed E-state index contributed by atoms with van der Waals surface area (Å²) in [5.41, 5.74) is 6.20. The lowest BCUT2D eigenvalue weighted by molar-refractivity contribution is -0.126. The smallest absolute Gasteiger partial charge is 0.223 e. The average Bonchev–Trinajstić information content (AvgIpc) is 3.28. The van der Waals surface area contributed by atoms with Crippen LogP contribution in [-0.4, -0.2) is 44.8 Å². The van der Waals surface area contributed by atoms with Gasteiger partial charge in [0.05, 0.1) is 16.2 Å². The quantitative estimate of drug-likeness (QED) is 0.221. The number of thiophene rings is 1. The van der Waals surface area contributed by atoms with Gasteiger partial charge in [-0.15, -0.1) is 11.3 Å². The molecule has 7 nitrogen and oxygen atoms in total. The lowest BCUT2D eigenvalue weighted by atomic mass is 9.96. The zero-order valence-corrected chi connectivity index (χ0v) is 22.4. The summed E-state index contributed by atoms with van der Waals surface area (Å²) >= 11 is 10.4. The zero-order valence-electron chi connectivity index (χ0n) is 19.2. The normalized spacial score (nSPS) is 14.6. The maximum absolute atomic E-state index is 12.5. The molecule has 3 aromatic rings. The number of hydrazone groups is 1. The molecule has 1 amide bonds. The van der Waals surface area contributed by atoms with Crippen LogP contribution < -0.4 is 10.7 Å². The summed E-state index contributed by atoms with van der Waals surface area (Å²) in [6.07, 6.45) is 4.93. The number of nitrogens with one attached hydrogen (secondary N) is 2. The fourth-order valence-electron chi connectivity index (χ4n) is 3.86. The molecule has 3 heterocycles. The third-order valence-corrected chi connectivity index (χ3v) is 7.82. The maximum atomic E-state index is 12.5. The standard InChI is InChI=1S/C25H26BrN5O2S2/c1-16(21-15-35-23(22(21)32)18-4-6-20(26)7-5-18)29-30-25(34)31-11-8-19(9-12-31)24(33)28-14-17-3-2-10-27-13-17/h2-7,10,13,15,19,32H,8-9,11-12,14H2,1H3,(H,28,33)(H,30,34)/b29-16-. The Hall–Kier alpha value is -2.82. The molecule has 1 aliphatic rings. The molecular weight excluding hydrogens is 546 g/mol. The largest absolute Gasteiger partial charge is 0.506 e. The Balaban J connectivity index is 1.28. The summed E-state index contributed by atoms with van der Waals surface area (Å²) in [6, 6.07) is 11.6. The molecule has 0 aliphatic carbocycles. The van der Waals surface area contributed by atoms with E-state index in [4.69, 9.17) is 12.2 Å². The van der Waals surface area contributed by atoms with Crippen molar-refractivity contribution >= 4 is 56.2 Å². The zero-order chi connectivity index (χ0) is 24.8. The Bertz CT molecular complexity index is 1210. The second-order valence-corrected chi connectivity index (χ2v) is 10.5. The van der Waals surface area contributed by atoms with E-state index in [1.54, 1.807) is 12.4 Å². The van der Waals surface area contributed by atoms with Crippen LogP contribution in [0.2, 0.25) is 0 Å². The number of rotatable bonds is 6. The number of thiocarbonyl (C=S) groups is 1. The summed E-state index contributed by atoms with van der Waals surface area (Å²) in [5.74, 6) is 0.246.